The van der Waals surface area contributed by atoms with E-state index in [0.717, 1.165) is 24.8 Å². The van der Waals surface area contributed by atoms with Gasteiger partial charge >= 0.3 is 0 Å². The molecule has 0 fully saturated rings. The number of anilines is 1. The maximum absolute atomic E-state index is 13.5. The van der Waals surface area contributed by atoms with Crippen LogP contribution in [0.15, 0.2) is 69.3 Å². The molecule has 0 radical (unpaired) electrons. The van der Waals surface area contributed by atoms with E-state index < -0.39 is 6.04 Å². The molecule has 5 rings (SSSR count). The Morgan fingerprint density at radius 3 is 2.81 bits per heavy atom. The van der Waals surface area contributed by atoms with Crippen LogP contribution in [0.25, 0.3) is 11.0 Å². The minimum absolute atomic E-state index is 0.0724. The number of para-hydroxylation sites is 1. The van der Waals surface area contributed by atoms with E-state index in [1.54, 1.807) is 35.4 Å². The second-order valence-corrected chi connectivity index (χ2v) is 8.56. The van der Waals surface area contributed by atoms with Crippen LogP contribution in [0.5, 0.6) is 5.75 Å². The Bertz CT molecular complexity index is 1330. The zero-order chi connectivity index (χ0) is 22.1. The van der Waals surface area contributed by atoms with Gasteiger partial charge in [0.1, 0.15) is 11.3 Å². The molecule has 1 aliphatic heterocycles. The van der Waals surface area contributed by atoms with Gasteiger partial charge in [-0.15, -0.1) is 11.3 Å². The minimum Gasteiger partial charge on any atom is -0.494 e. The molecule has 0 saturated heterocycles. The van der Waals surface area contributed by atoms with Crippen LogP contribution in [0.4, 0.5) is 5.13 Å². The highest BCUT2D eigenvalue weighted by Gasteiger charge is 2.44. The standard InChI is InChI=1S/C25H22N2O4S/c1-2-3-6-13-30-17-9-7-8-16(15-17)21-20-22(28)18-10-4-5-11-19(18)31-23(20)24(29)27(21)25-26-12-14-32-25/h4-5,7-12,14-15,21H,2-3,6,13H2,1H3/t21-/m1/s1. The number of nitrogens with zero attached hydrogens (tertiary/aromatic N) is 2. The molecule has 6 nitrogen and oxygen atoms in total. The van der Waals surface area contributed by atoms with Crippen molar-refractivity contribution in [1.82, 2.24) is 4.98 Å². The molecule has 0 aliphatic carbocycles. The molecule has 1 amide bonds. The summed E-state index contributed by atoms with van der Waals surface area (Å²) in [6.07, 6.45) is 4.85. The molecule has 0 saturated carbocycles. The third-order valence-corrected chi connectivity index (χ3v) is 6.36. The Morgan fingerprint density at radius 1 is 1.12 bits per heavy atom. The van der Waals surface area contributed by atoms with Gasteiger partial charge in [-0.25, -0.2) is 4.98 Å². The highest BCUT2D eigenvalue weighted by atomic mass is 32.1. The van der Waals surface area contributed by atoms with Gasteiger partial charge in [0.15, 0.2) is 10.6 Å². The van der Waals surface area contributed by atoms with Crippen molar-refractivity contribution in [2.75, 3.05) is 11.5 Å². The molecule has 0 N–H and O–H groups in total. The van der Waals surface area contributed by atoms with E-state index in [4.69, 9.17) is 9.15 Å². The number of thiazole rings is 1. The minimum atomic E-state index is -0.635. The van der Waals surface area contributed by atoms with Crippen LogP contribution < -0.4 is 15.1 Å². The number of aromatic nitrogens is 1. The van der Waals surface area contributed by atoms with Gasteiger partial charge in [-0.3, -0.25) is 14.5 Å². The van der Waals surface area contributed by atoms with Crippen molar-refractivity contribution < 1.29 is 13.9 Å². The first kappa shape index (κ1) is 20.5. The second-order valence-electron chi connectivity index (χ2n) is 7.69. The molecule has 32 heavy (non-hydrogen) atoms. The van der Waals surface area contributed by atoms with E-state index in [1.807, 2.05) is 29.6 Å². The first-order valence-electron chi connectivity index (χ1n) is 10.7. The van der Waals surface area contributed by atoms with E-state index in [2.05, 4.69) is 11.9 Å². The molecule has 1 atom stereocenters. The second kappa shape index (κ2) is 8.59. The van der Waals surface area contributed by atoms with Gasteiger partial charge in [-0.1, -0.05) is 44.0 Å². The number of fused-ring (bicyclic) bond motifs is 2. The summed E-state index contributed by atoms with van der Waals surface area (Å²) in [7, 11) is 0. The molecular weight excluding hydrogens is 424 g/mol. The number of carbonyl (C=O) groups is 1. The summed E-state index contributed by atoms with van der Waals surface area (Å²) in [6, 6.07) is 13.9. The zero-order valence-electron chi connectivity index (χ0n) is 17.6. The van der Waals surface area contributed by atoms with E-state index in [1.165, 1.54) is 11.3 Å². The summed E-state index contributed by atoms with van der Waals surface area (Å²) in [5.74, 6) is 0.420. The molecule has 0 unspecified atom stereocenters. The highest BCUT2D eigenvalue weighted by Crippen LogP contribution is 2.42. The molecule has 0 bridgehead atoms. The monoisotopic (exact) mass is 446 g/mol. The van der Waals surface area contributed by atoms with E-state index in [-0.39, 0.29) is 17.1 Å². The molecule has 2 aromatic carbocycles. The average Bonchev–Trinajstić information content (AvgIpc) is 3.44. The number of ether oxygens (including phenoxy) is 1. The van der Waals surface area contributed by atoms with Gasteiger partial charge in [0.2, 0.25) is 5.76 Å². The molecule has 0 spiro atoms. The van der Waals surface area contributed by atoms with E-state index in [9.17, 15) is 9.59 Å². The van der Waals surface area contributed by atoms with Crippen LogP contribution in [-0.2, 0) is 0 Å². The maximum Gasteiger partial charge on any atom is 0.297 e. The van der Waals surface area contributed by atoms with Gasteiger partial charge < -0.3 is 9.15 Å². The smallest absolute Gasteiger partial charge is 0.297 e. The molecule has 2 aromatic heterocycles. The first-order valence-corrected chi connectivity index (χ1v) is 11.6. The van der Waals surface area contributed by atoms with Crippen molar-refractivity contribution in [1.29, 1.82) is 0 Å². The lowest BCUT2D eigenvalue weighted by Gasteiger charge is -2.23. The molecule has 162 valence electrons. The van der Waals surface area contributed by atoms with Crippen molar-refractivity contribution in [3.63, 3.8) is 0 Å². The average molecular weight is 447 g/mol. The first-order chi connectivity index (χ1) is 15.7. The third kappa shape index (κ3) is 3.48. The van der Waals surface area contributed by atoms with Gasteiger partial charge in [0.05, 0.1) is 23.6 Å². The predicted octanol–water partition coefficient (Wildman–Crippen LogP) is 5.57. The summed E-state index contributed by atoms with van der Waals surface area (Å²) in [4.78, 5) is 32.8. The Hall–Kier alpha value is -3.45. The fraction of sp³-hybridized carbons (Fsp3) is 0.240. The summed E-state index contributed by atoms with van der Waals surface area (Å²) < 4.78 is 11.9. The van der Waals surface area contributed by atoms with E-state index in [0.29, 0.717) is 34.0 Å². The molecule has 7 heteroatoms. The largest absolute Gasteiger partial charge is 0.494 e. The predicted molar refractivity (Wildman–Crippen MR) is 125 cm³/mol. The Labute approximate surface area is 189 Å². The quantitative estimate of drug-likeness (QED) is 0.347. The van der Waals surface area contributed by atoms with Crippen molar-refractivity contribution in [3.8, 4) is 5.75 Å². The Balaban J connectivity index is 1.64. The van der Waals surface area contributed by atoms with Crippen LogP contribution in [0.2, 0.25) is 0 Å². The Kier molecular flexibility index (Phi) is 5.49. The fourth-order valence-electron chi connectivity index (χ4n) is 4.08. The molecule has 3 heterocycles. The van der Waals surface area contributed by atoms with Gasteiger partial charge in [-0.2, -0.15) is 0 Å². The van der Waals surface area contributed by atoms with Crippen LogP contribution in [-0.4, -0.2) is 17.5 Å². The Morgan fingerprint density at radius 2 is 2.00 bits per heavy atom. The number of carbonyl (C=O) groups excluding carboxylic acids is 1. The van der Waals surface area contributed by atoms with Crippen molar-refractivity contribution in [2.24, 2.45) is 0 Å². The summed E-state index contributed by atoms with van der Waals surface area (Å²) >= 11 is 1.35. The maximum atomic E-state index is 13.5. The molecule has 1 aliphatic rings. The van der Waals surface area contributed by atoms with Gasteiger partial charge in [0.25, 0.3) is 5.91 Å². The third-order valence-electron chi connectivity index (χ3n) is 5.59. The number of benzene rings is 2. The molecule has 4 aromatic rings. The van der Waals surface area contributed by atoms with Crippen LogP contribution >= 0.6 is 11.3 Å². The number of hydrogen-bond acceptors (Lipinski definition) is 6. The summed E-state index contributed by atoms with van der Waals surface area (Å²) in [6.45, 7) is 2.78. The lowest BCUT2D eigenvalue weighted by atomic mass is 9.98. The summed E-state index contributed by atoms with van der Waals surface area (Å²) in [5.41, 5.74) is 1.32. The van der Waals surface area contributed by atoms with Gasteiger partial charge in [-0.05, 0) is 36.2 Å². The van der Waals surface area contributed by atoms with Crippen molar-refractivity contribution in [3.05, 3.63) is 87.2 Å². The van der Waals surface area contributed by atoms with Gasteiger partial charge in [0, 0.05) is 11.6 Å². The zero-order valence-corrected chi connectivity index (χ0v) is 18.4. The lowest BCUT2D eigenvalue weighted by molar-refractivity contribution is 0.0971. The fourth-order valence-corrected chi connectivity index (χ4v) is 4.75. The molecular formula is C25H22N2O4S. The number of unbranched alkanes of at least 4 members (excludes halogenated alkanes) is 2. The van der Waals surface area contributed by atoms with Crippen LogP contribution in [0.1, 0.15) is 53.9 Å². The number of rotatable bonds is 7. The van der Waals surface area contributed by atoms with Crippen molar-refractivity contribution in [2.45, 2.75) is 32.2 Å². The van der Waals surface area contributed by atoms with Crippen molar-refractivity contribution >= 4 is 33.3 Å². The highest BCUT2D eigenvalue weighted by molar-refractivity contribution is 7.13. The topological polar surface area (TPSA) is 72.6 Å². The SMILES string of the molecule is CCCCCOc1cccc([C@@H]2c3c(oc4ccccc4c3=O)C(=O)N2c2nccs2)c1. The summed E-state index contributed by atoms with van der Waals surface area (Å²) in [5, 5.41) is 2.78. The number of hydrogen-bond donors (Lipinski definition) is 0. The lowest BCUT2D eigenvalue weighted by Crippen LogP contribution is -2.29. The number of amides is 1. The normalized spacial score (nSPS) is 15.3. The van der Waals surface area contributed by atoms with E-state index >= 15 is 0 Å². The van der Waals surface area contributed by atoms with Crippen LogP contribution in [0.3, 0.4) is 0 Å². The van der Waals surface area contributed by atoms with Crippen LogP contribution in [0, 0.1) is 0 Å².